The predicted molar refractivity (Wildman–Crippen MR) is 66.6 cm³/mol. The summed E-state index contributed by atoms with van der Waals surface area (Å²) >= 11 is 0. The molecule has 0 spiro atoms. The summed E-state index contributed by atoms with van der Waals surface area (Å²) in [6.45, 7) is 2.20. The molecular weight excluding hydrogens is 255 g/mol. The molecule has 0 radical (unpaired) electrons. The number of halogens is 3. The van der Waals surface area contributed by atoms with Gasteiger partial charge in [0, 0.05) is 5.56 Å². The third-order valence-corrected chi connectivity index (χ3v) is 2.93. The molecule has 1 aromatic heterocycles. The highest BCUT2D eigenvalue weighted by Gasteiger charge is 2.30. The second-order valence-electron chi connectivity index (χ2n) is 4.32. The minimum Gasteiger partial charge on any atom is -0.467 e. The van der Waals surface area contributed by atoms with Crippen molar-refractivity contribution in [1.82, 2.24) is 5.32 Å². The number of hydrogen-bond donors (Lipinski definition) is 1. The molecule has 2 nitrogen and oxygen atoms in total. The maximum Gasteiger partial charge on any atom is 0.416 e. The summed E-state index contributed by atoms with van der Waals surface area (Å²) in [7, 11) is 1.78. The molecular formula is C14H14F3NO. The lowest BCUT2D eigenvalue weighted by molar-refractivity contribution is -0.137. The van der Waals surface area contributed by atoms with Crippen molar-refractivity contribution in [3.8, 4) is 11.1 Å². The highest BCUT2D eigenvalue weighted by atomic mass is 19.4. The molecule has 2 rings (SSSR count). The van der Waals surface area contributed by atoms with Gasteiger partial charge in [0.05, 0.1) is 18.4 Å². The van der Waals surface area contributed by atoms with Crippen molar-refractivity contribution in [1.29, 1.82) is 0 Å². The van der Waals surface area contributed by atoms with Gasteiger partial charge in [-0.3, -0.25) is 0 Å². The summed E-state index contributed by atoms with van der Waals surface area (Å²) < 4.78 is 43.2. The van der Waals surface area contributed by atoms with Crippen LogP contribution >= 0.6 is 0 Å². The highest BCUT2D eigenvalue weighted by Crippen LogP contribution is 2.34. The number of aryl methyl sites for hydroxylation is 1. The lowest BCUT2D eigenvalue weighted by Crippen LogP contribution is -2.06. The number of alkyl halides is 3. The maximum absolute atomic E-state index is 12.6. The first kappa shape index (κ1) is 13.7. The van der Waals surface area contributed by atoms with Gasteiger partial charge in [-0.1, -0.05) is 6.07 Å². The van der Waals surface area contributed by atoms with Gasteiger partial charge in [-0.25, -0.2) is 0 Å². The topological polar surface area (TPSA) is 25.2 Å². The molecule has 102 valence electrons. The second kappa shape index (κ2) is 5.09. The van der Waals surface area contributed by atoms with Gasteiger partial charge in [0.15, 0.2) is 0 Å². The van der Waals surface area contributed by atoms with Crippen molar-refractivity contribution in [3.63, 3.8) is 0 Å². The summed E-state index contributed by atoms with van der Waals surface area (Å²) in [6.07, 6.45) is -2.77. The van der Waals surface area contributed by atoms with E-state index in [1.165, 1.54) is 6.07 Å². The van der Waals surface area contributed by atoms with Crippen LogP contribution in [0.3, 0.4) is 0 Å². The summed E-state index contributed by atoms with van der Waals surface area (Å²) in [4.78, 5) is 0. The van der Waals surface area contributed by atoms with Crippen LogP contribution in [0.5, 0.6) is 0 Å². The molecule has 0 bridgehead atoms. The van der Waals surface area contributed by atoms with Crippen LogP contribution in [0.1, 0.15) is 16.9 Å². The van der Waals surface area contributed by atoms with Gasteiger partial charge >= 0.3 is 6.18 Å². The lowest BCUT2D eigenvalue weighted by atomic mass is 9.98. The van der Waals surface area contributed by atoms with Crippen LogP contribution in [0.2, 0.25) is 0 Å². The van der Waals surface area contributed by atoms with E-state index in [1.807, 2.05) is 0 Å². The van der Waals surface area contributed by atoms with E-state index in [2.05, 4.69) is 5.32 Å². The molecule has 0 saturated carbocycles. The molecule has 0 atom stereocenters. The lowest BCUT2D eigenvalue weighted by Gasteiger charge is -2.11. The third-order valence-electron chi connectivity index (χ3n) is 2.93. The average Bonchev–Trinajstić information content (AvgIpc) is 2.76. The zero-order valence-electron chi connectivity index (χ0n) is 10.6. The van der Waals surface area contributed by atoms with Gasteiger partial charge < -0.3 is 9.73 Å². The Labute approximate surface area is 109 Å². The Balaban J connectivity index is 2.44. The van der Waals surface area contributed by atoms with Gasteiger partial charge in [-0.2, -0.15) is 13.2 Å². The van der Waals surface area contributed by atoms with Crippen molar-refractivity contribution >= 4 is 0 Å². The number of furan rings is 1. The smallest absolute Gasteiger partial charge is 0.416 e. The molecule has 2 aromatic rings. The quantitative estimate of drug-likeness (QED) is 0.911. The fourth-order valence-electron chi connectivity index (χ4n) is 2.02. The normalized spacial score (nSPS) is 11.8. The first-order valence-corrected chi connectivity index (χ1v) is 5.82. The number of hydrogen-bond acceptors (Lipinski definition) is 2. The van der Waals surface area contributed by atoms with E-state index in [9.17, 15) is 13.2 Å². The van der Waals surface area contributed by atoms with Crippen LogP contribution in [0.4, 0.5) is 13.2 Å². The van der Waals surface area contributed by atoms with Crippen molar-refractivity contribution < 1.29 is 17.6 Å². The average molecular weight is 269 g/mol. The summed E-state index contributed by atoms with van der Waals surface area (Å²) in [5.41, 5.74) is 1.52. The Morgan fingerprint density at radius 3 is 2.47 bits per heavy atom. The molecule has 5 heteroatoms. The van der Waals surface area contributed by atoms with Crippen molar-refractivity contribution in [2.75, 3.05) is 7.05 Å². The molecule has 1 N–H and O–H groups in total. The highest BCUT2D eigenvalue weighted by molar-refractivity contribution is 5.69. The first-order valence-electron chi connectivity index (χ1n) is 5.82. The third kappa shape index (κ3) is 2.81. The van der Waals surface area contributed by atoms with E-state index in [1.54, 1.807) is 26.3 Å². The van der Waals surface area contributed by atoms with Crippen molar-refractivity contribution in [3.05, 3.63) is 47.4 Å². The van der Waals surface area contributed by atoms with Gasteiger partial charge in [0.25, 0.3) is 0 Å². The molecule has 0 aliphatic heterocycles. The van der Waals surface area contributed by atoms with Crippen LogP contribution < -0.4 is 5.32 Å². The Bertz CT molecular complexity index is 572. The van der Waals surface area contributed by atoms with E-state index >= 15 is 0 Å². The number of rotatable bonds is 3. The Hall–Kier alpha value is -1.75. The Morgan fingerprint density at radius 2 is 1.89 bits per heavy atom. The molecule has 0 aliphatic rings. The van der Waals surface area contributed by atoms with E-state index in [-0.39, 0.29) is 0 Å². The largest absolute Gasteiger partial charge is 0.467 e. The fraction of sp³-hybridized carbons (Fsp3) is 0.286. The molecule has 1 heterocycles. The van der Waals surface area contributed by atoms with Crippen LogP contribution in [-0.4, -0.2) is 7.05 Å². The Morgan fingerprint density at radius 1 is 1.16 bits per heavy atom. The molecule has 0 fully saturated rings. The van der Waals surface area contributed by atoms with E-state index in [0.29, 0.717) is 17.9 Å². The second-order valence-corrected chi connectivity index (χ2v) is 4.32. The van der Waals surface area contributed by atoms with Gasteiger partial charge in [-0.15, -0.1) is 0 Å². The summed E-state index contributed by atoms with van der Waals surface area (Å²) in [6, 6.07) is 5.51. The minimum absolute atomic E-state index is 0.531. The molecule has 0 amide bonds. The SMILES string of the molecule is CNCc1occc1-c1ccc(C(F)(F)F)cc1C. The predicted octanol–water partition coefficient (Wildman–Crippen LogP) is 3.99. The molecule has 1 aromatic carbocycles. The van der Waals surface area contributed by atoms with Crippen molar-refractivity contribution in [2.24, 2.45) is 0 Å². The van der Waals surface area contributed by atoms with Crippen LogP contribution in [0.15, 0.2) is 34.9 Å². The van der Waals surface area contributed by atoms with E-state index < -0.39 is 11.7 Å². The summed E-state index contributed by atoms with van der Waals surface area (Å²) in [5.74, 6) is 0.713. The first-order chi connectivity index (χ1) is 8.93. The number of nitrogens with one attached hydrogen (secondary N) is 1. The monoisotopic (exact) mass is 269 g/mol. The fourth-order valence-corrected chi connectivity index (χ4v) is 2.02. The van der Waals surface area contributed by atoms with Gasteiger partial charge in [0.2, 0.25) is 0 Å². The van der Waals surface area contributed by atoms with Crippen molar-refractivity contribution in [2.45, 2.75) is 19.6 Å². The van der Waals surface area contributed by atoms with Gasteiger partial charge in [0.1, 0.15) is 5.76 Å². The molecule has 0 unspecified atom stereocenters. The van der Waals surface area contributed by atoms with Gasteiger partial charge in [-0.05, 0) is 43.3 Å². The van der Waals surface area contributed by atoms with Crippen LogP contribution in [0, 0.1) is 6.92 Å². The van der Waals surface area contributed by atoms with E-state index in [0.717, 1.165) is 23.3 Å². The standard InChI is InChI=1S/C14H14F3NO/c1-9-7-10(14(15,16)17)3-4-11(9)12-5-6-19-13(12)8-18-2/h3-7,18H,8H2,1-2H3. The summed E-state index contributed by atoms with van der Waals surface area (Å²) in [5, 5.41) is 2.96. The van der Waals surface area contributed by atoms with Crippen LogP contribution in [0.25, 0.3) is 11.1 Å². The Kier molecular flexibility index (Phi) is 3.66. The minimum atomic E-state index is -4.31. The molecule has 0 saturated heterocycles. The zero-order valence-corrected chi connectivity index (χ0v) is 10.6. The van der Waals surface area contributed by atoms with E-state index in [4.69, 9.17) is 4.42 Å². The molecule has 19 heavy (non-hydrogen) atoms. The maximum atomic E-state index is 12.6. The zero-order chi connectivity index (χ0) is 14.0. The number of benzene rings is 1. The van der Waals surface area contributed by atoms with Crippen LogP contribution in [-0.2, 0) is 12.7 Å². The molecule has 0 aliphatic carbocycles.